The minimum absolute atomic E-state index is 0.253. The van der Waals surface area contributed by atoms with Crippen LogP contribution in [0.2, 0.25) is 0 Å². The first-order valence-electron chi connectivity index (χ1n) is 6.89. The van der Waals surface area contributed by atoms with Gasteiger partial charge in [0.05, 0.1) is 13.2 Å². The van der Waals surface area contributed by atoms with Crippen LogP contribution in [0.3, 0.4) is 0 Å². The van der Waals surface area contributed by atoms with Crippen LogP contribution in [0.1, 0.15) is 30.7 Å². The van der Waals surface area contributed by atoms with Crippen molar-refractivity contribution < 1.29 is 9.47 Å². The van der Waals surface area contributed by atoms with E-state index in [9.17, 15) is 0 Å². The van der Waals surface area contributed by atoms with Crippen LogP contribution in [0.15, 0.2) is 24.3 Å². The first-order chi connectivity index (χ1) is 8.84. The van der Waals surface area contributed by atoms with Crippen LogP contribution in [0.5, 0.6) is 5.75 Å². The molecular formula is C15H21NO2. The maximum atomic E-state index is 6.35. The zero-order chi connectivity index (χ0) is 12.4. The number of para-hydroxylation sites is 1. The number of hydrogen-bond acceptors (Lipinski definition) is 3. The van der Waals surface area contributed by atoms with E-state index in [1.165, 1.54) is 5.56 Å². The van der Waals surface area contributed by atoms with Crippen LogP contribution in [-0.4, -0.2) is 25.9 Å². The molecule has 0 amide bonds. The molecule has 1 fully saturated rings. The van der Waals surface area contributed by atoms with E-state index in [0.717, 1.165) is 44.8 Å². The quantitative estimate of drug-likeness (QED) is 0.891. The molecule has 1 aromatic carbocycles. The lowest BCUT2D eigenvalue weighted by Crippen LogP contribution is -2.33. The van der Waals surface area contributed by atoms with E-state index < -0.39 is 0 Å². The summed E-state index contributed by atoms with van der Waals surface area (Å²) >= 11 is 0. The molecule has 3 nitrogen and oxygen atoms in total. The van der Waals surface area contributed by atoms with Gasteiger partial charge in [0.1, 0.15) is 5.75 Å². The lowest BCUT2D eigenvalue weighted by molar-refractivity contribution is 0.177. The summed E-state index contributed by atoms with van der Waals surface area (Å²) in [6.45, 7) is 2.53. The van der Waals surface area contributed by atoms with Crippen LogP contribution < -0.4 is 10.5 Å². The zero-order valence-corrected chi connectivity index (χ0v) is 10.7. The highest BCUT2D eigenvalue weighted by atomic mass is 16.5. The first-order valence-corrected chi connectivity index (χ1v) is 6.89. The normalized spacial score (nSPS) is 28.5. The van der Waals surface area contributed by atoms with Gasteiger partial charge >= 0.3 is 0 Å². The molecule has 0 aromatic heterocycles. The Bertz CT molecular complexity index is 401. The molecule has 0 aliphatic carbocycles. The van der Waals surface area contributed by atoms with E-state index in [1.54, 1.807) is 0 Å². The summed E-state index contributed by atoms with van der Waals surface area (Å²) in [7, 11) is 0. The topological polar surface area (TPSA) is 44.5 Å². The Morgan fingerprint density at radius 2 is 2.11 bits per heavy atom. The van der Waals surface area contributed by atoms with E-state index in [1.807, 2.05) is 6.07 Å². The minimum atomic E-state index is 0.253. The third-order valence-electron chi connectivity index (χ3n) is 4.21. The molecule has 1 aromatic rings. The first kappa shape index (κ1) is 12.0. The summed E-state index contributed by atoms with van der Waals surface area (Å²) in [5, 5.41) is 0. The fourth-order valence-electron chi connectivity index (χ4n) is 3.07. The molecule has 0 saturated carbocycles. The van der Waals surface area contributed by atoms with Crippen molar-refractivity contribution in [2.24, 2.45) is 11.7 Å². The Hall–Kier alpha value is -1.06. The van der Waals surface area contributed by atoms with Crippen LogP contribution >= 0.6 is 0 Å². The molecule has 0 radical (unpaired) electrons. The monoisotopic (exact) mass is 247 g/mol. The van der Waals surface area contributed by atoms with Crippen LogP contribution in [-0.2, 0) is 4.74 Å². The largest absolute Gasteiger partial charge is 0.493 e. The number of hydrogen-bond donors (Lipinski definition) is 1. The van der Waals surface area contributed by atoms with Gasteiger partial charge in [-0.05, 0) is 42.7 Å². The Kier molecular flexibility index (Phi) is 3.52. The summed E-state index contributed by atoms with van der Waals surface area (Å²) in [4.78, 5) is 0. The molecule has 2 heterocycles. The third-order valence-corrected chi connectivity index (χ3v) is 4.21. The second kappa shape index (κ2) is 5.29. The summed E-state index contributed by atoms with van der Waals surface area (Å²) in [6, 6.07) is 8.61. The van der Waals surface area contributed by atoms with Crippen molar-refractivity contribution in [3.63, 3.8) is 0 Å². The van der Waals surface area contributed by atoms with Gasteiger partial charge in [-0.2, -0.15) is 0 Å². The van der Waals surface area contributed by atoms with Crippen LogP contribution in [0, 0.1) is 5.92 Å². The third kappa shape index (κ3) is 2.38. The maximum Gasteiger partial charge on any atom is 0.122 e. The highest BCUT2D eigenvalue weighted by Gasteiger charge is 2.28. The van der Waals surface area contributed by atoms with Crippen molar-refractivity contribution in [2.45, 2.75) is 31.2 Å². The molecule has 98 valence electrons. The predicted octanol–water partition coefficient (Wildman–Crippen LogP) is 2.31. The summed E-state index contributed by atoms with van der Waals surface area (Å²) in [5.41, 5.74) is 7.68. The molecule has 0 bridgehead atoms. The molecule has 3 unspecified atom stereocenters. The van der Waals surface area contributed by atoms with Crippen molar-refractivity contribution in [1.82, 2.24) is 0 Å². The molecule has 1 saturated heterocycles. The molecule has 18 heavy (non-hydrogen) atoms. The van der Waals surface area contributed by atoms with Gasteiger partial charge in [-0.15, -0.1) is 0 Å². The molecule has 2 aliphatic rings. The van der Waals surface area contributed by atoms with Gasteiger partial charge in [0.2, 0.25) is 0 Å². The van der Waals surface area contributed by atoms with Crippen molar-refractivity contribution >= 4 is 0 Å². The molecule has 3 rings (SSSR count). The van der Waals surface area contributed by atoms with E-state index in [0.29, 0.717) is 11.8 Å². The maximum absolute atomic E-state index is 6.35. The number of benzene rings is 1. The summed E-state index contributed by atoms with van der Waals surface area (Å²) in [6.07, 6.45) is 3.25. The second-order valence-corrected chi connectivity index (χ2v) is 5.40. The van der Waals surface area contributed by atoms with Gasteiger partial charge in [0.25, 0.3) is 0 Å². The van der Waals surface area contributed by atoms with Crippen molar-refractivity contribution in [1.29, 1.82) is 0 Å². The average Bonchev–Trinajstić information content (AvgIpc) is 2.93. The van der Waals surface area contributed by atoms with Gasteiger partial charge < -0.3 is 15.2 Å². The van der Waals surface area contributed by atoms with Crippen molar-refractivity contribution in [3.8, 4) is 5.75 Å². The smallest absolute Gasteiger partial charge is 0.122 e. The Balaban J connectivity index is 1.70. The molecule has 2 aliphatic heterocycles. The van der Waals surface area contributed by atoms with Crippen molar-refractivity contribution in [2.75, 3.05) is 19.8 Å². The van der Waals surface area contributed by atoms with E-state index in [4.69, 9.17) is 15.2 Å². The Morgan fingerprint density at radius 1 is 1.22 bits per heavy atom. The molecule has 3 heteroatoms. The Morgan fingerprint density at radius 3 is 2.94 bits per heavy atom. The van der Waals surface area contributed by atoms with E-state index in [2.05, 4.69) is 18.2 Å². The molecular weight excluding hydrogens is 226 g/mol. The molecule has 0 spiro atoms. The van der Waals surface area contributed by atoms with Gasteiger partial charge in [-0.1, -0.05) is 18.2 Å². The van der Waals surface area contributed by atoms with Gasteiger partial charge in [0, 0.05) is 12.6 Å². The van der Waals surface area contributed by atoms with E-state index in [-0.39, 0.29) is 6.04 Å². The Labute approximate surface area is 108 Å². The second-order valence-electron chi connectivity index (χ2n) is 5.40. The lowest BCUT2D eigenvalue weighted by atomic mass is 9.84. The predicted molar refractivity (Wildman–Crippen MR) is 70.8 cm³/mol. The molecule has 3 atom stereocenters. The zero-order valence-electron chi connectivity index (χ0n) is 10.7. The highest BCUT2D eigenvalue weighted by Crippen LogP contribution is 2.37. The average molecular weight is 247 g/mol. The number of ether oxygens (including phenoxy) is 2. The minimum Gasteiger partial charge on any atom is -0.493 e. The summed E-state index contributed by atoms with van der Waals surface area (Å²) < 4.78 is 11.1. The highest BCUT2D eigenvalue weighted by molar-refractivity contribution is 5.37. The van der Waals surface area contributed by atoms with Gasteiger partial charge in [-0.3, -0.25) is 0 Å². The van der Waals surface area contributed by atoms with Crippen molar-refractivity contribution in [3.05, 3.63) is 29.8 Å². The fraction of sp³-hybridized carbons (Fsp3) is 0.600. The number of fused-ring (bicyclic) bond motifs is 1. The SMILES string of the molecule is NC(CC1CCOc2ccccc21)C1CCOC1. The van der Waals surface area contributed by atoms with Gasteiger partial charge in [-0.25, -0.2) is 0 Å². The summed E-state index contributed by atoms with van der Waals surface area (Å²) in [5.74, 6) is 2.13. The number of rotatable bonds is 3. The van der Waals surface area contributed by atoms with Crippen LogP contribution in [0.25, 0.3) is 0 Å². The van der Waals surface area contributed by atoms with E-state index >= 15 is 0 Å². The molecule has 2 N–H and O–H groups in total. The van der Waals surface area contributed by atoms with Gasteiger partial charge in [0.15, 0.2) is 0 Å². The fourth-order valence-corrected chi connectivity index (χ4v) is 3.07. The standard InChI is InChI=1S/C15H21NO2/c16-14(12-5-7-17-10-12)9-11-6-8-18-15-4-2-1-3-13(11)15/h1-4,11-12,14H,5-10,16H2. The number of nitrogens with two attached hydrogens (primary N) is 1. The van der Waals surface area contributed by atoms with Crippen LogP contribution in [0.4, 0.5) is 0 Å². The lowest BCUT2D eigenvalue weighted by Gasteiger charge is -2.29.